The van der Waals surface area contributed by atoms with Crippen LogP contribution >= 0.6 is 0 Å². The van der Waals surface area contributed by atoms with Crippen molar-refractivity contribution in [3.05, 3.63) is 65.2 Å². The fraction of sp³-hybridized carbons (Fsp3) is 0.333. The van der Waals surface area contributed by atoms with Crippen LogP contribution in [0.15, 0.2) is 53.4 Å². The lowest BCUT2D eigenvalue weighted by atomic mass is 10.1. The summed E-state index contributed by atoms with van der Waals surface area (Å²) in [7, 11) is -5.61. The normalized spacial score (nSPS) is 15.7. The van der Waals surface area contributed by atoms with E-state index in [0.717, 1.165) is 24.6 Å². The topological polar surface area (TPSA) is 127 Å². The van der Waals surface area contributed by atoms with Gasteiger partial charge >= 0.3 is 11.9 Å². The summed E-state index contributed by atoms with van der Waals surface area (Å²) in [6.07, 6.45) is 0. The smallest absolute Gasteiger partial charge is 0.339 e. The van der Waals surface area contributed by atoms with Crippen molar-refractivity contribution in [2.45, 2.75) is 10.6 Å². The van der Waals surface area contributed by atoms with Crippen LogP contribution in [0.1, 0.15) is 26.3 Å². The monoisotopic (exact) mass is 496 g/mol. The summed E-state index contributed by atoms with van der Waals surface area (Å²) in [6.45, 7) is -0.309. The van der Waals surface area contributed by atoms with Gasteiger partial charge in [-0.2, -0.15) is 8.61 Å². The standard InChI is InChI=1S/C21H24N2O8S2/c1-30-20(24)17-8-9-18(21(25)31-2)19(14-17)33(28,29)23-12-10-22(11-13-23)32(26,27)15-16-6-4-3-5-7-16/h3-9,14H,10-13,15H2,1-2H3. The summed E-state index contributed by atoms with van der Waals surface area (Å²) in [5, 5.41) is 0. The zero-order chi connectivity index (χ0) is 24.2. The molecule has 1 aliphatic heterocycles. The molecule has 2 aromatic carbocycles. The zero-order valence-corrected chi connectivity index (χ0v) is 19.8. The van der Waals surface area contributed by atoms with E-state index < -0.39 is 36.9 Å². The number of esters is 2. The second-order valence-electron chi connectivity index (χ2n) is 7.24. The number of ether oxygens (including phenoxy) is 2. The molecule has 0 radical (unpaired) electrons. The van der Waals surface area contributed by atoms with Gasteiger partial charge in [0.05, 0.1) is 36.0 Å². The summed E-state index contributed by atoms with van der Waals surface area (Å²) in [6, 6.07) is 12.2. The predicted molar refractivity (Wildman–Crippen MR) is 119 cm³/mol. The number of benzene rings is 2. The van der Waals surface area contributed by atoms with Gasteiger partial charge in [0.25, 0.3) is 0 Å². The third-order valence-corrected chi connectivity index (χ3v) is 9.00. The van der Waals surface area contributed by atoms with Crippen LogP contribution in [0.4, 0.5) is 0 Å². The summed E-state index contributed by atoms with van der Waals surface area (Å²) >= 11 is 0. The molecule has 0 amide bonds. The number of piperazine rings is 1. The van der Waals surface area contributed by atoms with Gasteiger partial charge in [0.1, 0.15) is 0 Å². The third kappa shape index (κ3) is 5.41. The van der Waals surface area contributed by atoms with Gasteiger partial charge in [-0.15, -0.1) is 0 Å². The van der Waals surface area contributed by atoms with Crippen LogP contribution in [-0.2, 0) is 35.3 Å². The number of hydrogen-bond acceptors (Lipinski definition) is 8. The van der Waals surface area contributed by atoms with Crippen LogP contribution in [0.2, 0.25) is 0 Å². The first-order chi connectivity index (χ1) is 15.6. The van der Waals surface area contributed by atoms with Gasteiger partial charge in [0, 0.05) is 26.2 Å². The fourth-order valence-corrected chi connectivity index (χ4v) is 6.61. The second-order valence-corrected chi connectivity index (χ2v) is 11.1. The molecule has 1 aliphatic rings. The summed E-state index contributed by atoms with van der Waals surface area (Å²) in [5.41, 5.74) is 0.354. The highest BCUT2D eigenvalue weighted by Gasteiger charge is 2.35. The van der Waals surface area contributed by atoms with Gasteiger partial charge in [-0.3, -0.25) is 0 Å². The minimum atomic E-state index is -4.24. The largest absolute Gasteiger partial charge is 0.465 e. The average molecular weight is 497 g/mol. The fourth-order valence-electron chi connectivity index (χ4n) is 3.46. The lowest BCUT2D eigenvalue weighted by molar-refractivity contribution is 0.0583. The van der Waals surface area contributed by atoms with Crippen molar-refractivity contribution in [3.8, 4) is 0 Å². The molecule has 0 bridgehead atoms. The molecule has 0 aromatic heterocycles. The van der Waals surface area contributed by atoms with Crippen LogP contribution in [0.5, 0.6) is 0 Å². The van der Waals surface area contributed by atoms with Gasteiger partial charge in [0.2, 0.25) is 20.0 Å². The highest BCUT2D eigenvalue weighted by molar-refractivity contribution is 7.89. The third-order valence-electron chi connectivity index (χ3n) is 5.21. The maximum absolute atomic E-state index is 13.3. The molecule has 1 saturated heterocycles. The van der Waals surface area contributed by atoms with E-state index in [9.17, 15) is 26.4 Å². The van der Waals surface area contributed by atoms with E-state index in [-0.39, 0.29) is 43.1 Å². The molecule has 10 nitrogen and oxygen atoms in total. The molecular formula is C21H24N2O8S2. The van der Waals surface area contributed by atoms with E-state index in [1.54, 1.807) is 30.3 Å². The molecule has 12 heteroatoms. The number of methoxy groups -OCH3 is 2. The lowest BCUT2D eigenvalue weighted by Crippen LogP contribution is -2.50. The highest BCUT2D eigenvalue weighted by atomic mass is 32.2. The molecule has 33 heavy (non-hydrogen) atoms. The molecule has 0 N–H and O–H groups in total. The zero-order valence-electron chi connectivity index (χ0n) is 18.1. The van der Waals surface area contributed by atoms with Crippen molar-refractivity contribution < 1.29 is 35.9 Å². The molecule has 0 atom stereocenters. The van der Waals surface area contributed by atoms with Crippen LogP contribution in [0.3, 0.4) is 0 Å². The summed E-state index contributed by atoms with van der Waals surface area (Å²) in [4.78, 5) is 23.7. The van der Waals surface area contributed by atoms with Crippen LogP contribution in [-0.4, -0.2) is 77.8 Å². The highest BCUT2D eigenvalue weighted by Crippen LogP contribution is 2.25. The van der Waals surface area contributed by atoms with Crippen molar-refractivity contribution in [2.75, 3.05) is 40.4 Å². The number of hydrogen-bond donors (Lipinski definition) is 0. The molecular weight excluding hydrogens is 472 g/mol. The maximum atomic E-state index is 13.3. The minimum absolute atomic E-state index is 0.0430. The Bertz CT molecular complexity index is 1240. The van der Waals surface area contributed by atoms with E-state index in [0.29, 0.717) is 5.56 Å². The number of carbonyl (C=O) groups excluding carboxylic acids is 2. The number of carbonyl (C=O) groups is 2. The second kappa shape index (κ2) is 10.00. The Morgan fingerprint density at radius 2 is 1.39 bits per heavy atom. The summed E-state index contributed by atoms with van der Waals surface area (Å²) < 4.78 is 63.9. The van der Waals surface area contributed by atoms with E-state index in [2.05, 4.69) is 9.47 Å². The van der Waals surface area contributed by atoms with E-state index >= 15 is 0 Å². The van der Waals surface area contributed by atoms with Gasteiger partial charge in [-0.05, 0) is 23.8 Å². The van der Waals surface area contributed by atoms with E-state index in [4.69, 9.17) is 0 Å². The van der Waals surface area contributed by atoms with E-state index in [1.807, 2.05) is 0 Å². The van der Waals surface area contributed by atoms with Crippen LogP contribution < -0.4 is 0 Å². The molecule has 3 rings (SSSR count). The summed E-state index contributed by atoms with van der Waals surface area (Å²) in [5.74, 6) is -1.83. The van der Waals surface area contributed by atoms with Crippen LogP contribution in [0.25, 0.3) is 0 Å². The lowest BCUT2D eigenvalue weighted by Gasteiger charge is -2.33. The SMILES string of the molecule is COC(=O)c1ccc(C(=O)OC)c(S(=O)(=O)N2CCN(S(=O)(=O)Cc3ccccc3)CC2)c1. The Morgan fingerprint density at radius 3 is 1.97 bits per heavy atom. The molecule has 0 saturated carbocycles. The van der Waals surface area contributed by atoms with E-state index in [1.165, 1.54) is 16.4 Å². The number of sulfonamides is 2. The number of nitrogens with zero attached hydrogens (tertiary/aromatic N) is 2. The Morgan fingerprint density at radius 1 is 0.818 bits per heavy atom. The molecule has 0 spiro atoms. The Hall–Kier alpha value is -2.80. The first-order valence-electron chi connectivity index (χ1n) is 9.92. The molecule has 1 fully saturated rings. The van der Waals surface area contributed by atoms with Crippen molar-refractivity contribution in [1.82, 2.24) is 8.61 Å². The molecule has 0 unspecified atom stereocenters. The molecule has 178 valence electrons. The Kier molecular flexibility index (Phi) is 7.52. The van der Waals surface area contributed by atoms with Crippen molar-refractivity contribution in [3.63, 3.8) is 0 Å². The van der Waals surface area contributed by atoms with Crippen LogP contribution in [0, 0.1) is 0 Å². The first kappa shape index (κ1) is 24.8. The predicted octanol–water partition coefficient (Wildman–Crippen LogP) is 1.10. The molecule has 1 heterocycles. The minimum Gasteiger partial charge on any atom is -0.465 e. The van der Waals surface area contributed by atoms with Gasteiger partial charge < -0.3 is 9.47 Å². The van der Waals surface area contributed by atoms with Crippen molar-refractivity contribution in [2.24, 2.45) is 0 Å². The molecule has 2 aromatic rings. The average Bonchev–Trinajstić information content (AvgIpc) is 2.83. The quantitative estimate of drug-likeness (QED) is 0.522. The first-order valence-corrected chi connectivity index (χ1v) is 13.0. The maximum Gasteiger partial charge on any atom is 0.339 e. The Balaban J connectivity index is 1.83. The van der Waals surface area contributed by atoms with Gasteiger partial charge in [-0.25, -0.2) is 26.4 Å². The van der Waals surface area contributed by atoms with Crippen molar-refractivity contribution in [1.29, 1.82) is 0 Å². The molecule has 0 aliphatic carbocycles. The number of rotatable bonds is 7. The van der Waals surface area contributed by atoms with Crippen molar-refractivity contribution >= 4 is 32.0 Å². The van der Waals surface area contributed by atoms with Gasteiger partial charge in [0.15, 0.2) is 0 Å². The van der Waals surface area contributed by atoms with Gasteiger partial charge in [-0.1, -0.05) is 30.3 Å². The Labute approximate surface area is 192 Å².